The summed E-state index contributed by atoms with van der Waals surface area (Å²) in [4.78, 5) is 5.31. The van der Waals surface area contributed by atoms with Crippen molar-refractivity contribution in [3.05, 3.63) is 24.0 Å². The molecule has 0 heterocycles. The molecule has 0 bridgehead atoms. The number of hydroxylamine groups is 1. The van der Waals surface area contributed by atoms with Crippen molar-refractivity contribution in [3.8, 4) is 0 Å². The maximum atomic E-state index is 5.31. The summed E-state index contributed by atoms with van der Waals surface area (Å²) in [6.45, 7) is 13.5. The lowest BCUT2D eigenvalue weighted by Gasteiger charge is -2.32. The summed E-state index contributed by atoms with van der Waals surface area (Å²) in [5.41, 5.74) is 3.86. The van der Waals surface area contributed by atoms with Gasteiger partial charge in [-0.3, -0.25) is 0 Å². The Hall–Kier alpha value is -0.800. The van der Waals surface area contributed by atoms with Gasteiger partial charge in [-0.25, -0.2) is 0 Å². The molecular weight excluding hydrogens is 200 g/mol. The largest absolute Gasteiger partial charge is 0.413 e. The predicted octanol–water partition coefficient (Wildman–Crippen LogP) is 2.48. The van der Waals surface area contributed by atoms with Gasteiger partial charge >= 0.3 is 0 Å². The molecule has 0 aromatic rings. The van der Waals surface area contributed by atoms with E-state index in [0.29, 0.717) is 5.92 Å². The molecule has 0 aliphatic carbocycles. The Balaban J connectivity index is 4.96. The molecule has 0 aliphatic rings. The number of hydrogen-bond donors (Lipinski definition) is 2. The average molecular weight is 226 g/mol. The van der Waals surface area contributed by atoms with Crippen molar-refractivity contribution >= 4 is 0 Å². The second-order valence-corrected chi connectivity index (χ2v) is 4.73. The van der Waals surface area contributed by atoms with Crippen LogP contribution >= 0.6 is 0 Å². The fourth-order valence-electron chi connectivity index (χ4n) is 1.84. The lowest BCUT2D eigenvalue weighted by Crippen LogP contribution is -2.26. The minimum absolute atomic E-state index is 0.159. The highest BCUT2D eigenvalue weighted by Crippen LogP contribution is 2.37. The third-order valence-corrected chi connectivity index (χ3v) is 2.79. The zero-order valence-corrected chi connectivity index (χ0v) is 11.5. The van der Waals surface area contributed by atoms with E-state index in [9.17, 15) is 0 Å². The Bertz CT molecular complexity index is 255. The average Bonchev–Trinajstić information content (AvgIpc) is 2.17. The highest BCUT2D eigenvalue weighted by molar-refractivity contribution is 5.24. The minimum atomic E-state index is -0.159. The SMILES string of the molecule is C=C(ONC)C(C)(C)/C(=C/CNC)C(C)C. The van der Waals surface area contributed by atoms with Crippen LogP contribution in [0.5, 0.6) is 0 Å². The molecule has 0 rings (SSSR count). The summed E-state index contributed by atoms with van der Waals surface area (Å²) in [7, 11) is 3.69. The Morgan fingerprint density at radius 1 is 1.38 bits per heavy atom. The number of rotatable bonds is 7. The monoisotopic (exact) mass is 226 g/mol. The molecule has 0 fully saturated rings. The normalized spacial score (nSPS) is 13.1. The van der Waals surface area contributed by atoms with E-state index in [4.69, 9.17) is 4.84 Å². The van der Waals surface area contributed by atoms with Crippen LogP contribution in [0.15, 0.2) is 24.0 Å². The summed E-state index contributed by atoms with van der Waals surface area (Å²) in [5.74, 6) is 1.21. The van der Waals surface area contributed by atoms with Gasteiger partial charge in [-0.1, -0.05) is 32.1 Å². The van der Waals surface area contributed by atoms with Gasteiger partial charge < -0.3 is 10.2 Å². The maximum absolute atomic E-state index is 5.31. The molecule has 3 heteroatoms. The van der Waals surface area contributed by atoms with Crippen molar-refractivity contribution in [2.24, 2.45) is 11.3 Å². The van der Waals surface area contributed by atoms with E-state index in [1.807, 2.05) is 7.05 Å². The van der Waals surface area contributed by atoms with Gasteiger partial charge in [0.05, 0.1) is 0 Å². The second kappa shape index (κ2) is 6.71. The molecule has 0 amide bonds. The first kappa shape index (κ1) is 15.2. The van der Waals surface area contributed by atoms with E-state index >= 15 is 0 Å². The molecular formula is C13H26N2O. The molecule has 0 aromatic heterocycles. The van der Waals surface area contributed by atoms with Gasteiger partial charge in [0.25, 0.3) is 0 Å². The number of hydrogen-bond acceptors (Lipinski definition) is 3. The molecule has 16 heavy (non-hydrogen) atoms. The molecule has 0 radical (unpaired) electrons. The fraction of sp³-hybridized carbons (Fsp3) is 0.692. The zero-order valence-electron chi connectivity index (χ0n) is 11.5. The fourth-order valence-corrected chi connectivity index (χ4v) is 1.84. The molecule has 2 N–H and O–H groups in total. The Kier molecular flexibility index (Phi) is 6.38. The van der Waals surface area contributed by atoms with Crippen molar-refractivity contribution in [2.75, 3.05) is 20.6 Å². The smallest absolute Gasteiger partial charge is 0.126 e. The van der Waals surface area contributed by atoms with Crippen LogP contribution in [0.2, 0.25) is 0 Å². The molecule has 0 saturated heterocycles. The van der Waals surface area contributed by atoms with Crippen LogP contribution in [-0.2, 0) is 4.84 Å². The zero-order chi connectivity index (χ0) is 12.8. The number of likely N-dealkylation sites (N-methyl/N-ethyl adjacent to an activating group) is 1. The lowest BCUT2D eigenvalue weighted by molar-refractivity contribution is 0.0857. The Morgan fingerprint density at radius 3 is 2.31 bits per heavy atom. The molecule has 0 atom stereocenters. The number of nitrogens with one attached hydrogen (secondary N) is 2. The molecule has 0 saturated carbocycles. The Labute approximate surface area is 99.9 Å². The highest BCUT2D eigenvalue weighted by Gasteiger charge is 2.30. The summed E-state index contributed by atoms with van der Waals surface area (Å²) in [6, 6.07) is 0. The van der Waals surface area contributed by atoms with E-state index in [1.165, 1.54) is 5.57 Å². The van der Waals surface area contributed by atoms with E-state index in [1.54, 1.807) is 7.05 Å². The summed E-state index contributed by atoms with van der Waals surface area (Å²) in [6.07, 6.45) is 2.22. The summed E-state index contributed by atoms with van der Waals surface area (Å²) in [5, 5.41) is 3.13. The van der Waals surface area contributed by atoms with Crippen LogP contribution in [0.25, 0.3) is 0 Å². The molecule has 94 valence electrons. The maximum Gasteiger partial charge on any atom is 0.126 e. The third-order valence-electron chi connectivity index (χ3n) is 2.79. The van der Waals surface area contributed by atoms with E-state index in [2.05, 4.69) is 51.1 Å². The van der Waals surface area contributed by atoms with Crippen molar-refractivity contribution < 1.29 is 4.84 Å². The van der Waals surface area contributed by atoms with Crippen molar-refractivity contribution in [2.45, 2.75) is 27.7 Å². The molecule has 0 spiro atoms. The molecule has 0 unspecified atom stereocenters. The van der Waals surface area contributed by atoms with Gasteiger partial charge in [-0.2, -0.15) is 5.48 Å². The minimum Gasteiger partial charge on any atom is -0.413 e. The van der Waals surface area contributed by atoms with Crippen LogP contribution in [0, 0.1) is 11.3 Å². The number of allylic oxidation sites excluding steroid dienone is 1. The van der Waals surface area contributed by atoms with Gasteiger partial charge in [0, 0.05) is 19.0 Å². The van der Waals surface area contributed by atoms with Crippen LogP contribution in [-0.4, -0.2) is 20.6 Å². The molecule has 0 aromatic carbocycles. The quantitative estimate of drug-likeness (QED) is 0.397. The van der Waals surface area contributed by atoms with Crippen molar-refractivity contribution in [3.63, 3.8) is 0 Å². The van der Waals surface area contributed by atoms with Gasteiger partial charge in [0.2, 0.25) is 0 Å². The first-order valence-corrected chi connectivity index (χ1v) is 5.76. The first-order valence-electron chi connectivity index (χ1n) is 5.76. The lowest BCUT2D eigenvalue weighted by atomic mass is 9.77. The van der Waals surface area contributed by atoms with Crippen molar-refractivity contribution in [1.82, 2.24) is 10.8 Å². The van der Waals surface area contributed by atoms with Crippen LogP contribution < -0.4 is 10.8 Å². The second-order valence-electron chi connectivity index (χ2n) is 4.73. The standard InChI is InChI=1S/C13H26N2O/c1-10(2)12(8-9-14-6)13(4,5)11(3)16-15-7/h8,10,14-15H,3,9H2,1-2,4-7H3/b12-8+. The van der Waals surface area contributed by atoms with Gasteiger partial charge in [0.1, 0.15) is 5.76 Å². The van der Waals surface area contributed by atoms with Crippen molar-refractivity contribution in [1.29, 1.82) is 0 Å². The van der Waals surface area contributed by atoms with E-state index in [0.717, 1.165) is 12.3 Å². The topological polar surface area (TPSA) is 33.3 Å². The van der Waals surface area contributed by atoms with Gasteiger partial charge in [-0.05, 0) is 26.8 Å². The van der Waals surface area contributed by atoms with Crippen LogP contribution in [0.4, 0.5) is 0 Å². The van der Waals surface area contributed by atoms with E-state index in [-0.39, 0.29) is 5.41 Å². The summed E-state index contributed by atoms with van der Waals surface area (Å²) < 4.78 is 0. The highest BCUT2D eigenvalue weighted by atomic mass is 16.6. The van der Waals surface area contributed by atoms with Crippen LogP contribution in [0.1, 0.15) is 27.7 Å². The molecule has 0 aliphatic heterocycles. The first-order chi connectivity index (χ1) is 7.37. The third kappa shape index (κ3) is 3.99. The Morgan fingerprint density at radius 2 is 1.94 bits per heavy atom. The predicted molar refractivity (Wildman–Crippen MR) is 69.9 cm³/mol. The molecule has 3 nitrogen and oxygen atoms in total. The van der Waals surface area contributed by atoms with Gasteiger partial charge in [0.15, 0.2) is 0 Å². The van der Waals surface area contributed by atoms with Crippen LogP contribution in [0.3, 0.4) is 0 Å². The van der Waals surface area contributed by atoms with Gasteiger partial charge in [-0.15, -0.1) is 0 Å². The van der Waals surface area contributed by atoms with E-state index < -0.39 is 0 Å². The summed E-state index contributed by atoms with van der Waals surface area (Å²) >= 11 is 0.